The molecule has 2 aromatic carbocycles. The molecule has 0 aliphatic rings. The van der Waals surface area contributed by atoms with Crippen LogP contribution in [-0.4, -0.2) is 12.2 Å². The van der Waals surface area contributed by atoms with E-state index in [2.05, 4.69) is 5.32 Å². The lowest BCUT2D eigenvalue weighted by Gasteiger charge is -2.05. The molecule has 0 radical (unpaired) electrons. The quantitative estimate of drug-likeness (QED) is 0.842. The molecule has 0 unspecified atom stereocenters. The second-order valence-electron chi connectivity index (χ2n) is 3.70. The largest absolute Gasteiger partial charge is 0.322 e. The average Bonchev–Trinajstić information content (AvgIpc) is 2.41. The van der Waals surface area contributed by atoms with Crippen molar-refractivity contribution in [1.82, 2.24) is 0 Å². The average molecular weight is 243 g/mol. The first-order chi connectivity index (χ1) is 8.69. The van der Waals surface area contributed by atoms with Crippen molar-refractivity contribution in [3.8, 4) is 0 Å². The molecular formula is C14H10FNO2. The molecule has 2 rings (SSSR count). The summed E-state index contributed by atoms with van der Waals surface area (Å²) in [6.07, 6.45) is 0.710. The van der Waals surface area contributed by atoms with Crippen LogP contribution in [0.3, 0.4) is 0 Å². The molecule has 0 atom stereocenters. The van der Waals surface area contributed by atoms with Crippen molar-refractivity contribution in [1.29, 1.82) is 0 Å². The Morgan fingerprint density at radius 2 is 1.61 bits per heavy atom. The van der Waals surface area contributed by atoms with Crippen LogP contribution in [0.4, 0.5) is 10.1 Å². The SMILES string of the molecule is O=Cc1ccc(C(=O)Nc2ccc(F)cc2)cc1. The third-order valence-electron chi connectivity index (χ3n) is 2.41. The second kappa shape index (κ2) is 5.23. The summed E-state index contributed by atoms with van der Waals surface area (Å²) in [5.74, 6) is -0.664. The number of aldehydes is 1. The van der Waals surface area contributed by atoms with Crippen LogP contribution in [0.15, 0.2) is 48.5 Å². The number of anilines is 1. The van der Waals surface area contributed by atoms with Gasteiger partial charge in [0.25, 0.3) is 5.91 Å². The minimum atomic E-state index is -0.358. The van der Waals surface area contributed by atoms with Crippen molar-refractivity contribution >= 4 is 17.9 Å². The fraction of sp³-hybridized carbons (Fsp3) is 0. The summed E-state index contributed by atoms with van der Waals surface area (Å²) >= 11 is 0. The van der Waals surface area contributed by atoms with E-state index < -0.39 is 0 Å². The molecule has 0 heterocycles. The van der Waals surface area contributed by atoms with Gasteiger partial charge in [0.05, 0.1) is 0 Å². The van der Waals surface area contributed by atoms with Crippen LogP contribution >= 0.6 is 0 Å². The van der Waals surface area contributed by atoms with E-state index in [1.165, 1.54) is 24.3 Å². The molecule has 1 amide bonds. The Balaban J connectivity index is 2.11. The van der Waals surface area contributed by atoms with Crippen LogP contribution in [0.1, 0.15) is 20.7 Å². The fourth-order valence-electron chi connectivity index (χ4n) is 1.45. The minimum Gasteiger partial charge on any atom is -0.322 e. The van der Waals surface area contributed by atoms with Gasteiger partial charge in [0.1, 0.15) is 12.1 Å². The number of benzene rings is 2. The van der Waals surface area contributed by atoms with Crippen molar-refractivity contribution in [3.05, 3.63) is 65.5 Å². The number of halogens is 1. The van der Waals surface area contributed by atoms with Gasteiger partial charge >= 0.3 is 0 Å². The maximum absolute atomic E-state index is 12.7. The van der Waals surface area contributed by atoms with Gasteiger partial charge in [-0.05, 0) is 36.4 Å². The maximum atomic E-state index is 12.7. The van der Waals surface area contributed by atoms with Crippen LogP contribution < -0.4 is 5.32 Å². The number of nitrogens with one attached hydrogen (secondary N) is 1. The van der Waals surface area contributed by atoms with Crippen molar-refractivity contribution < 1.29 is 14.0 Å². The third kappa shape index (κ3) is 2.79. The Hall–Kier alpha value is -2.49. The number of hydrogen-bond donors (Lipinski definition) is 1. The van der Waals surface area contributed by atoms with Crippen molar-refractivity contribution in [2.45, 2.75) is 0 Å². The predicted octanol–water partition coefficient (Wildman–Crippen LogP) is 2.89. The number of rotatable bonds is 3. The molecule has 0 aromatic heterocycles. The normalized spacial score (nSPS) is 9.83. The van der Waals surface area contributed by atoms with Crippen molar-refractivity contribution in [2.75, 3.05) is 5.32 Å². The molecule has 0 fully saturated rings. The van der Waals surface area contributed by atoms with Crippen molar-refractivity contribution in [3.63, 3.8) is 0 Å². The van der Waals surface area contributed by atoms with E-state index in [1.54, 1.807) is 24.3 Å². The molecule has 0 spiro atoms. The Morgan fingerprint density at radius 1 is 1.00 bits per heavy atom. The smallest absolute Gasteiger partial charge is 0.255 e. The van der Waals surface area contributed by atoms with Gasteiger partial charge in [-0.1, -0.05) is 12.1 Å². The number of carbonyl (C=O) groups excluding carboxylic acids is 2. The van der Waals surface area contributed by atoms with Crippen LogP contribution in [0.2, 0.25) is 0 Å². The lowest BCUT2D eigenvalue weighted by molar-refractivity contribution is 0.102. The van der Waals surface area contributed by atoms with E-state index in [9.17, 15) is 14.0 Å². The maximum Gasteiger partial charge on any atom is 0.255 e. The molecule has 4 heteroatoms. The number of carbonyl (C=O) groups is 2. The molecule has 0 saturated heterocycles. The summed E-state index contributed by atoms with van der Waals surface area (Å²) in [5, 5.41) is 2.63. The van der Waals surface area contributed by atoms with E-state index >= 15 is 0 Å². The zero-order valence-electron chi connectivity index (χ0n) is 9.39. The summed E-state index contributed by atoms with van der Waals surface area (Å²) in [6, 6.07) is 11.7. The third-order valence-corrected chi connectivity index (χ3v) is 2.41. The van der Waals surface area contributed by atoms with Gasteiger partial charge in [-0.2, -0.15) is 0 Å². The fourth-order valence-corrected chi connectivity index (χ4v) is 1.45. The van der Waals surface area contributed by atoms with Gasteiger partial charge in [0, 0.05) is 16.8 Å². The molecule has 0 bridgehead atoms. The first kappa shape index (κ1) is 12.0. The molecule has 3 nitrogen and oxygen atoms in total. The van der Waals surface area contributed by atoms with E-state index in [0.29, 0.717) is 23.1 Å². The van der Waals surface area contributed by atoms with Gasteiger partial charge in [-0.15, -0.1) is 0 Å². The molecule has 18 heavy (non-hydrogen) atoms. The molecular weight excluding hydrogens is 233 g/mol. The van der Waals surface area contributed by atoms with Gasteiger partial charge in [0.2, 0.25) is 0 Å². The zero-order valence-corrected chi connectivity index (χ0v) is 9.39. The number of amides is 1. The second-order valence-corrected chi connectivity index (χ2v) is 3.70. The van der Waals surface area contributed by atoms with Gasteiger partial charge in [0.15, 0.2) is 0 Å². The molecule has 90 valence electrons. The van der Waals surface area contributed by atoms with Crippen LogP contribution in [0, 0.1) is 5.82 Å². The first-order valence-electron chi connectivity index (χ1n) is 5.31. The first-order valence-corrected chi connectivity index (χ1v) is 5.31. The highest BCUT2D eigenvalue weighted by atomic mass is 19.1. The van der Waals surface area contributed by atoms with Gasteiger partial charge < -0.3 is 5.32 Å². The van der Waals surface area contributed by atoms with Crippen LogP contribution in [0.25, 0.3) is 0 Å². The summed E-state index contributed by atoms with van der Waals surface area (Å²) in [6.45, 7) is 0. The molecule has 0 aliphatic heterocycles. The van der Waals surface area contributed by atoms with Crippen LogP contribution in [-0.2, 0) is 0 Å². The Kier molecular flexibility index (Phi) is 3.48. The van der Waals surface area contributed by atoms with E-state index in [1.807, 2.05) is 0 Å². The summed E-state index contributed by atoms with van der Waals surface area (Å²) in [4.78, 5) is 22.3. The van der Waals surface area contributed by atoms with Gasteiger partial charge in [-0.3, -0.25) is 9.59 Å². The van der Waals surface area contributed by atoms with Crippen LogP contribution in [0.5, 0.6) is 0 Å². The predicted molar refractivity (Wildman–Crippen MR) is 66.2 cm³/mol. The Morgan fingerprint density at radius 3 is 2.17 bits per heavy atom. The summed E-state index contributed by atoms with van der Waals surface area (Å²) in [5.41, 5.74) is 1.46. The summed E-state index contributed by atoms with van der Waals surface area (Å²) < 4.78 is 12.7. The van der Waals surface area contributed by atoms with E-state index in [0.717, 1.165) is 0 Å². The monoisotopic (exact) mass is 243 g/mol. The highest BCUT2D eigenvalue weighted by Gasteiger charge is 2.05. The van der Waals surface area contributed by atoms with Crippen molar-refractivity contribution in [2.24, 2.45) is 0 Å². The lowest BCUT2D eigenvalue weighted by Crippen LogP contribution is -2.11. The standard InChI is InChI=1S/C14H10FNO2/c15-12-5-7-13(8-6-12)16-14(18)11-3-1-10(9-17)2-4-11/h1-9H,(H,16,18). The Bertz CT molecular complexity index is 561. The Labute approximate surface area is 103 Å². The van der Waals surface area contributed by atoms with Gasteiger partial charge in [-0.25, -0.2) is 4.39 Å². The lowest BCUT2D eigenvalue weighted by atomic mass is 10.1. The molecule has 0 saturated carbocycles. The topological polar surface area (TPSA) is 46.2 Å². The number of hydrogen-bond acceptors (Lipinski definition) is 2. The highest BCUT2D eigenvalue weighted by Crippen LogP contribution is 2.11. The molecule has 0 aliphatic carbocycles. The zero-order chi connectivity index (χ0) is 13.0. The molecule has 1 N–H and O–H groups in total. The van der Waals surface area contributed by atoms with E-state index in [4.69, 9.17) is 0 Å². The summed E-state index contributed by atoms with van der Waals surface area (Å²) in [7, 11) is 0. The molecule has 2 aromatic rings. The highest BCUT2D eigenvalue weighted by molar-refractivity contribution is 6.04. The van der Waals surface area contributed by atoms with E-state index in [-0.39, 0.29) is 11.7 Å². The minimum absolute atomic E-state index is 0.306.